The van der Waals surface area contributed by atoms with Crippen LogP contribution in [-0.4, -0.2) is 48.1 Å². The lowest BCUT2D eigenvalue weighted by atomic mass is 9.61. The predicted molar refractivity (Wildman–Crippen MR) is 126 cm³/mol. The smallest absolute Gasteiger partial charge is 0.231 e. The molecule has 0 radical (unpaired) electrons. The molecule has 1 amide bonds. The normalized spacial score (nSPS) is 36.3. The maximum Gasteiger partial charge on any atom is 0.231 e. The highest BCUT2D eigenvalue weighted by atomic mass is 16.8. The maximum atomic E-state index is 14.5. The van der Waals surface area contributed by atoms with Gasteiger partial charge in [-0.05, 0) is 62.9 Å². The van der Waals surface area contributed by atoms with Crippen LogP contribution in [0.1, 0.15) is 62.8 Å². The van der Waals surface area contributed by atoms with Crippen molar-refractivity contribution in [1.29, 1.82) is 0 Å². The van der Waals surface area contributed by atoms with Crippen LogP contribution >= 0.6 is 0 Å². The highest BCUT2D eigenvalue weighted by Crippen LogP contribution is 2.65. The zero-order valence-electron chi connectivity index (χ0n) is 19.9. The number of anilines is 2. The van der Waals surface area contributed by atoms with Gasteiger partial charge in [0.15, 0.2) is 5.79 Å². The van der Waals surface area contributed by atoms with Gasteiger partial charge in [0, 0.05) is 25.0 Å². The molecule has 2 fully saturated rings. The molecule has 6 heteroatoms. The van der Waals surface area contributed by atoms with Gasteiger partial charge >= 0.3 is 0 Å². The molecule has 6 aliphatic rings. The maximum absolute atomic E-state index is 14.5. The van der Waals surface area contributed by atoms with E-state index in [0.29, 0.717) is 0 Å². The third-order valence-corrected chi connectivity index (χ3v) is 8.72. The van der Waals surface area contributed by atoms with Crippen LogP contribution in [0, 0.1) is 0 Å². The number of piperidine rings is 1. The first-order chi connectivity index (χ1) is 15.7. The monoisotopic (exact) mass is 445 g/mol. The van der Waals surface area contributed by atoms with Crippen LogP contribution in [0.3, 0.4) is 0 Å². The number of para-hydroxylation sites is 1. The molecule has 6 aliphatic heterocycles. The van der Waals surface area contributed by atoms with Gasteiger partial charge in [-0.2, -0.15) is 0 Å². The summed E-state index contributed by atoms with van der Waals surface area (Å²) in [5, 5.41) is 3.82. The summed E-state index contributed by atoms with van der Waals surface area (Å²) in [7, 11) is 2.16. The highest BCUT2D eigenvalue weighted by molar-refractivity contribution is 5.94. The highest BCUT2D eigenvalue weighted by Gasteiger charge is 2.67. The molecule has 2 bridgehead atoms. The van der Waals surface area contributed by atoms with Crippen LogP contribution in [0.5, 0.6) is 0 Å². The van der Waals surface area contributed by atoms with Gasteiger partial charge in [0.1, 0.15) is 12.3 Å². The minimum absolute atomic E-state index is 0.0450. The summed E-state index contributed by atoms with van der Waals surface area (Å²) in [5.74, 6) is -0.687. The van der Waals surface area contributed by atoms with Crippen LogP contribution in [0.25, 0.3) is 0 Å². The summed E-state index contributed by atoms with van der Waals surface area (Å²) in [6.45, 7) is 8.85. The van der Waals surface area contributed by atoms with Crippen LogP contribution in [0.2, 0.25) is 0 Å². The van der Waals surface area contributed by atoms with Crippen molar-refractivity contribution in [3.8, 4) is 0 Å². The molecule has 2 aromatic rings. The van der Waals surface area contributed by atoms with Gasteiger partial charge < -0.3 is 24.6 Å². The lowest BCUT2D eigenvalue weighted by Gasteiger charge is -2.52. The molecule has 0 saturated carbocycles. The number of nitrogens with one attached hydrogen (secondary N) is 1. The third-order valence-electron chi connectivity index (χ3n) is 8.72. The number of nitrogens with zero attached hydrogens (tertiary/aromatic N) is 2. The minimum atomic E-state index is -0.695. The summed E-state index contributed by atoms with van der Waals surface area (Å²) in [6.07, 6.45) is 0.715. The second kappa shape index (κ2) is 5.91. The molecule has 6 heterocycles. The summed E-state index contributed by atoms with van der Waals surface area (Å²) in [4.78, 5) is 18.9. The average Bonchev–Trinajstić information content (AvgIpc) is 3.03. The summed E-state index contributed by atoms with van der Waals surface area (Å²) < 4.78 is 12.9. The first-order valence-corrected chi connectivity index (χ1v) is 12.1. The minimum Gasteiger partial charge on any atom is -0.364 e. The molecule has 0 unspecified atom stereocenters. The Bertz CT molecular complexity index is 1210. The summed E-state index contributed by atoms with van der Waals surface area (Å²) >= 11 is 0. The standard InChI is InChI=1S/C27H31N3O3/c1-25(2)22(32-26(3,4)33-25)21-16-10-8-12-18-19(16)27-13-14-30(21)23(31)20(27)15-9-6-7-11-17(15)28-24(27)29(18)5/h6-12,20-22,24,28H,13-14H2,1-5H3/t20-,21-,22-,24+,27+/m0/s1. The Morgan fingerprint density at radius 2 is 1.79 bits per heavy atom. The molecular weight excluding hydrogens is 414 g/mol. The van der Waals surface area contributed by atoms with E-state index in [4.69, 9.17) is 9.47 Å². The largest absolute Gasteiger partial charge is 0.364 e. The van der Waals surface area contributed by atoms with E-state index in [1.165, 1.54) is 16.8 Å². The van der Waals surface area contributed by atoms with E-state index in [9.17, 15) is 4.79 Å². The Labute approximate surface area is 194 Å². The van der Waals surface area contributed by atoms with E-state index >= 15 is 0 Å². The number of benzene rings is 2. The van der Waals surface area contributed by atoms with Gasteiger partial charge in [0.25, 0.3) is 0 Å². The van der Waals surface area contributed by atoms with Gasteiger partial charge in [-0.1, -0.05) is 30.3 Å². The van der Waals surface area contributed by atoms with E-state index in [0.717, 1.165) is 24.2 Å². The van der Waals surface area contributed by atoms with Crippen molar-refractivity contribution in [3.63, 3.8) is 0 Å². The number of likely N-dealkylation sites (N-methyl/N-ethyl adjacent to an activating group) is 1. The van der Waals surface area contributed by atoms with E-state index in [1.807, 2.05) is 19.9 Å². The van der Waals surface area contributed by atoms with Crippen molar-refractivity contribution in [3.05, 3.63) is 59.2 Å². The number of carbonyl (C=O) groups is 1. The van der Waals surface area contributed by atoms with E-state index < -0.39 is 11.4 Å². The van der Waals surface area contributed by atoms with Crippen LogP contribution < -0.4 is 10.2 Å². The van der Waals surface area contributed by atoms with Gasteiger partial charge in [0.05, 0.1) is 23.0 Å². The number of hydrogen-bond donors (Lipinski definition) is 1. The molecule has 172 valence electrons. The molecule has 33 heavy (non-hydrogen) atoms. The van der Waals surface area contributed by atoms with Crippen molar-refractivity contribution in [2.45, 2.75) is 75.1 Å². The van der Waals surface area contributed by atoms with E-state index in [2.05, 4.69) is 72.4 Å². The SMILES string of the molecule is CN1c2cccc3c2[C@]24CCN(C(=O)[C@@H]2c2ccccc2N[C@H]14)[C@@H]3[C@@H]1OC(C)(C)OC1(C)C. The molecular formula is C27H31N3O3. The zero-order valence-corrected chi connectivity index (χ0v) is 19.9. The van der Waals surface area contributed by atoms with Gasteiger partial charge in [0.2, 0.25) is 5.91 Å². The lowest BCUT2D eigenvalue weighted by molar-refractivity contribution is -0.163. The summed E-state index contributed by atoms with van der Waals surface area (Å²) in [6, 6.07) is 14.7. The van der Waals surface area contributed by atoms with E-state index in [1.54, 1.807) is 0 Å². The Balaban J connectivity index is 1.53. The van der Waals surface area contributed by atoms with Crippen LogP contribution in [0.4, 0.5) is 11.4 Å². The first kappa shape index (κ1) is 19.9. The fourth-order valence-electron chi connectivity index (χ4n) is 7.78. The second-order valence-electron chi connectivity index (χ2n) is 11.3. The molecule has 2 aromatic carbocycles. The third kappa shape index (κ3) is 2.24. The van der Waals surface area contributed by atoms with Crippen molar-refractivity contribution in [2.75, 3.05) is 23.8 Å². The molecule has 1 spiro atoms. The van der Waals surface area contributed by atoms with Crippen molar-refractivity contribution in [1.82, 2.24) is 4.90 Å². The molecule has 5 atom stereocenters. The second-order valence-corrected chi connectivity index (χ2v) is 11.3. The molecule has 0 aliphatic carbocycles. The number of hydrogen-bond acceptors (Lipinski definition) is 5. The quantitative estimate of drug-likeness (QED) is 0.716. The zero-order chi connectivity index (χ0) is 22.9. The molecule has 6 nitrogen and oxygen atoms in total. The van der Waals surface area contributed by atoms with Crippen molar-refractivity contribution in [2.24, 2.45) is 0 Å². The topological polar surface area (TPSA) is 54.0 Å². The van der Waals surface area contributed by atoms with Crippen LogP contribution in [-0.2, 0) is 19.7 Å². The fraction of sp³-hybridized carbons (Fsp3) is 0.519. The number of carbonyl (C=O) groups excluding carboxylic acids is 1. The molecule has 0 aromatic heterocycles. The molecule has 8 rings (SSSR count). The van der Waals surface area contributed by atoms with Gasteiger partial charge in [-0.3, -0.25) is 4.79 Å². The number of amides is 1. The van der Waals surface area contributed by atoms with Gasteiger partial charge in [-0.25, -0.2) is 0 Å². The van der Waals surface area contributed by atoms with Crippen molar-refractivity contribution >= 4 is 17.3 Å². The Kier molecular flexibility index (Phi) is 3.56. The van der Waals surface area contributed by atoms with Crippen molar-refractivity contribution < 1.29 is 14.3 Å². The lowest BCUT2D eigenvalue weighted by Crippen LogP contribution is -2.62. The molecule has 2 saturated heterocycles. The Hall–Kier alpha value is -2.57. The predicted octanol–water partition coefficient (Wildman–Crippen LogP) is 4.13. The Morgan fingerprint density at radius 1 is 1.03 bits per heavy atom. The fourth-order valence-corrected chi connectivity index (χ4v) is 7.78. The summed E-state index contributed by atoms with van der Waals surface area (Å²) in [5.41, 5.74) is 5.13. The number of fused-ring (bicyclic) bond motifs is 2. The van der Waals surface area contributed by atoms with Crippen LogP contribution in [0.15, 0.2) is 42.5 Å². The average molecular weight is 446 g/mol. The first-order valence-electron chi connectivity index (χ1n) is 12.1. The molecule has 1 N–H and O–H groups in total. The Morgan fingerprint density at radius 3 is 2.55 bits per heavy atom. The van der Waals surface area contributed by atoms with E-state index in [-0.39, 0.29) is 35.6 Å². The van der Waals surface area contributed by atoms with Gasteiger partial charge in [-0.15, -0.1) is 0 Å². The number of ether oxygens (including phenoxy) is 2. The number of rotatable bonds is 1.